The van der Waals surface area contributed by atoms with Gasteiger partial charge in [0.15, 0.2) is 16.6 Å². The van der Waals surface area contributed by atoms with Crippen molar-refractivity contribution in [2.75, 3.05) is 0 Å². The van der Waals surface area contributed by atoms with E-state index in [4.69, 9.17) is 21.0 Å². The fourth-order valence-corrected chi connectivity index (χ4v) is 3.90. The molecule has 8 heteroatoms. The molecule has 0 fully saturated rings. The first-order chi connectivity index (χ1) is 13.7. The van der Waals surface area contributed by atoms with Gasteiger partial charge in [0.25, 0.3) is 0 Å². The van der Waals surface area contributed by atoms with Gasteiger partial charge in [0.05, 0.1) is 17.5 Å². The molecule has 138 valence electrons. The molecule has 0 aliphatic carbocycles. The Labute approximate surface area is 169 Å². The van der Waals surface area contributed by atoms with Crippen molar-refractivity contribution in [1.82, 2.24) is 24.6 Å². The van der Waals surface area contributed by atoms with Crippen LogP contribution in [0.5, 0.6) is 0 Å². The standard InChI is InChI=1S/C20H14ClN5OS/c1-12-23-19-15-4-2-3-5-16(15)24-20(26(19)25-12)28-11-18-22-10-17(27-18)13-6-8-14(21)9-7-13/h2-10H,11H2,1H3. The van der Waals surface area contributed by atoms with Crippen LogP contribution in [0.1, 0.15) is 11.7 Å². The van der Waals surface area contributed by atoms with Gasteiger partial charge in [0, 0.05) is 16.0 Å². The van der Waals surface area contributed by atoms with E-state index in [1.807, 2.05) is 55.5 Å². The molecule has 2 aromatic carbocycles. The second-order valence-electron chi connectivity index (χ2n) is 6.22. The highest BCUT2D eigenvalue weighted by atomic mass is 35.5. The Morgan fingerprint density at radius 2 is 1.89 bits per heavy atom. The summed E-state index contributed by atoms with van der Waals surface area (Å²) in [6.07, 6.45) is 1.72. The van der Waals surface area contributed by atoms with Crippen molar-refractivity contribution < 1.29 is 4.42 Å². The number of aromatic nitrogens is 5. The molecule has 5 aromatic rings. The van der Waals surface area contributed by atoms with E-state index in [0.29, 0.717) is 28.3 Å². The number of para-hydroxylation sites is 1. The number of hydrogen-bond donors (Lipinski definition) is 0. The summed E-state index contributed by atoms with van der Waals surface area (Å²) < 4.78 is 7.67. The molecule has 3 aromatic heterocycles. The van der Waals surface area contributed by atoms with Crippen molar-refractivity contribution in [3.8, 4) is 11.3 Å². The highest BCUT2D eigenvalue weighted by Gasteiger charge is 2.14. The Hall–Kier alpha value is -2.90. The molecule has 0 unspecified atom stereocenters. The van der Waals surface area contributed by atoms with Gasteiger partial charge < -0.3 is 4.42 Å². The lowest BCUT2D eigenvalue weighted by atomic mass is 10.2. The number of oxazole rings is 1. The van der Waals surface area contributed by atoms with Gasteiger partial charge in [-0.25, -0.2) is 15.0 Å². The summed E-state index contributed by atoms with van der Waals surface area (Å²) in [6, 6.07) is 15.4. The first kappa shape index (κ1) is 17.2. The maximum absolute atomic E-state index is 5.94. The van der Waals surface area contributed by atoms with Crippen LogP contribution in [-0.4, -0.2) is 24.6 Å². The van der Waals surface area contributed by atoms with Gasteiger partial charge in [-0.1, -0.05) is 35.5 Å². The van der Waals surface area contributed by atoms with Crippen LogP contribution in [0, 0.1) is 6.92 Å². The first-order valence-electron chi connectivity index (χ1n) is 8.63. The number of benzene rings is 2. The molecule has 0 amide bonds. The maximum atomic E-state index is 5.94. The third-order valence-electron chi connectivity index (χ3n) is 4.26. The van der Waals surface area contributed by atoms with E-state index < -0.39 is 0 Å². The molecule has 6 nitrogen and oxygen atoms in total. The molecule has 0 saturated carbocycles. The number of halogens is 1. The van der Waals surface area contributed by atoms with Gasteiger partial charge in [0.1, 0.15) is 5.82 Å². The van der Waals surface area contributed by atoms with Gasteiger partial charge in [0.2, 0.25) is 5.89 Å². The number of aryl methyl sites for hydroxylation is 1. The van der Waals surface area contributed by atoms with Crippen LogP contribution in [0.2, 0.25) is 5.02 Å². The summed E-state index contributed by atoms with van der Waals surface area (Å²) in [6.45, 7) is 1.88. The van der Waals surface area contributed by atoms with E-state index in [1.165, 1.54) is 11.8 Å². The second-order valence-corrected chi connectivity index (χ2v) is 7.60. The SMILES string of the molecule is Cc1nc2c3ccccc3nc(SCc3ncc(-c4ccc(Cl)cc4)o3)n2n1. The highest BCUT2D eigenvalue weighted by molar-refractivity contribution is 7.98. The van der Waals surface area contributed by atoms with Crippen molar-refractivity contribution in [1.29, 1.82) is 0 Å². The molecule has 0 aliphatic rings. The lowest BCUT2D eigenvalue weighted by molar-refractivity contribution is 0.529. The topological polar surface area (TPSA) is 69.1 Å². The van der Waals surface area contributed by atoms with Crippen molar-refractivity contribution in [2.45, 2.75) is 17.8 Å². The van der Waals surface area contributed by atoms with Crippen molar-refractivity contribution >= 4 is 39.9 Å². The van der Waals surface area contributed by atoms with E-state index >= 15 is 0 Å². The second kappa shape index (κ2) is 6.92. The Morgan fingerprint density at radius 3 is 2.75 bits per heavy atom. The molecular weight excluding hydrogens is 394 g/mol. The van der Waals surface area contributed by atoms with Crippen LogP contribution < -0.4 is 0 Å². The summed E-state index contributed by atoms with van der Waals surface area (Å²) in [4.78, 5) is 13.7. The number of thioether (sulfide) groups is 1. The lowest BCUT2D eigenvalue weighted by Crippen LogP contribution is -1.98. The summed E-state index contributed by atoms with van der Waals surface area (Å²) in [5, 5.41) is 6.91. The number of nitrogens with zero attached hydrogens (tertiary/aromatic N) is 5. The third-order valence-corrected chi connectivity index (χ3v) is 5.43. The number of rotatable bonds is 4. The van der Waals surface area contributed by atoms with Gasteiger partial charge in [-0.3, -0.25) is 0 Å². The molecule has 3 heterocycles. The van der Waals surface area contributed by atoms with Crippen LogP contribution >= 0.6 is 23.4 Å². The first-order valence-corrected chi connectivity index (χ1v) is 9.99. The minimum Gasteiger partial charge on any atom is -0.440 e. The fourth-order valence-electron chi connectivity index (χ4n) is 2.98. The van der Waals surface area contributed by atoms with E-state index in [2.05, 4.69) is 15.1 Å². The zero-order chi connectivity index (χ0) is 19.1. The Kier molecular flexibility index (Phi) is 4.26. The molecule has 28 heavy (non-hydrogen) atoms. The zero-order valence-electron chi connectivity index (χ0n) is 14.8. The molecule has 0 aliphatic heterocycles. The molecule has 0 atom stereocenters. The third kappa shape index (κ3) is 3.12. The maximum Gasteiger partial charge on any atom is 0.205 e. The largest absolute Gasteiger partial charge is 0.440 e. The molecule has 0 radical (unpaired) electrons. The summed E-state index contributed by atoms with van der Waals surface area (Å²) in [5.41, 5.74) is 2.63. The molecule has 0 bridgehead atoms. The zero-order valence-corrected chi connectivity index (χ0v) is 16.4. The van der Waals surface area contributed by atoms with Crippen molar-refractivity contribution in [3.05, 3.63) is 71.5 Å². The Balaban J connectivity index is 1.45. The number of fused-ring (bicyclic) bond motifs is 3. The minimum absolute atomic E-state index is 0.535. The lowest BCUT2D eigenvalue weighted by Gasteiger charge is -2.05. The van der Waals surface area contributed by atoms with E-state index in [-0.39, 0.29) is 0 Å². The van der Waals surface area contributed by atoms with E-state index in [0.717, 1.165) is 27.3 Å². The van der Waals surface area contributed by atoms with Crippen LogP contribution in [0.3, 0.4) is 0 Å². The predicted octanol–water partition coefficient (Wildman–Crippen LogP) is 5.19. The van der Waals surface area contributed by atoms with Crippen molar-refractivity contribution in [3.63, 3.8) is 0 Å². The Bertz CT molecular complexity index is 1300. The van der Waals surface area contributed by atoms with Gasteiger partial charge in [-0.15, -0.1) is 5.10 Å². The summed E-state index contributed by atoms with van der Waals surface area (Å²) in [7, 11) is 0. The summed E-state index contributed by atoms with van der Waals surface area (Å²) >= 11 is 7.46. The van der Waals surface area contributed by atoms with E-state index in [1.54, 1.807) is 10.7 Å². The van der Waals surface area contributed by atoms with Crippen LogP contribution in [0.4, 0.5) is 0 Å². The minimum atomic E-state index is 0.535. The van der Waals surface area contributed by atoms with Gasteiger partial charge >= 0.3 is 0 Å². The van der Waals surface area contributed by atoms with E-state index in [9.17, 15) is 0 Å². The Morgan fingerprint density at radius 1 is 1.07 bits per heavy atom. The van der Waals surface area contributed by atoms with Gasteiger partial charge in [-0.2, -0.15) is 4.52 Å². The predicted molar refractivity (Wildman–Crippen MR) is 110 cm³/mol. The molecule has 0 N–H and O–H groups in total. The van der Waals surface area contributed by atoms with Crippen molar-refractivity contribution in [2.24, 2.45) is 0 Å². The molecule has 5 rings (SSSR count). The quantitative estimate of drug-likeness (QED) is 0.302. The average molecular weight is 408 g/mol. The summed E-state index contributed by atoms with van der Waals surface area (Å²) in [5.74, 6) is 2.57. The monoisotopic (exact) mass is 407 g/mol. The smallest absolute Gasteiger partial charge is 0.205 e. The molecule has 0 saturated heterocycles. The molecular formula is C20H14ClN5OS. The van der Waals surface area contributed by atoms with Crippen LogP contribution in [0.25, 0.3) is 27.9 Å². The molecule has 0 spiro atoms. The fraction of sp³-hybridized carbons (Fsp3) is 0.100. The van der Waals surface area contributed by atoms with Gasteiger partial charge in [-0.05, 0) is 43.3 Å². The normalized spacial score (nSPS) is 11.5. The van der Waals surface area contributed by atoms with Crippen LogP contribution in [-0.2, 0) is 5.75 Å². The highest BCUT2D eigenvalue weighted by Crippen LogP contribution is 2.28. The average Bonchev–Trinajstić information content (AvgIpc) is 3.33. The number of hydrogen-bond acceptors (Lipinski definition) is 6. The van der Waals surface area contributed by atoms with Crippen LogP contribution in [0.15, 0.2) is 64.3 Å².